The maximum absolute atomic E-state index is 5.99. The van der Waals surface area contributed by atoms with Crippen LogP contribution in [0, 0.1) is 0 Å². The van der Waals surface area contributed by atoms with Gasteiger partial charge < -0.3 is 9.47 Å². The van der Waals surface area contributed by atoms with E-state index in [1.807, 2.05) is 24.3 Å². The van der Waals surface area contributed by atoms with Crippen LogP contribution in [0.15, 0.2) is 48.8 Å². The summed E-state index contributed by atoms with van der Waals surface area (Å²) in [7, 11) is 1.72. The summed E-state index contributed by atoms with van der Waals surface area (Å²) in [6.07, 6.45) is 4.83. The summed E-state index contributed by atoms with van der Waals surface area (Å²) in [6.45, 7) is 2.90. The van der Waals surface area contributed by atoms with Gasteiger partial charge in [-0.2, -0.15) is 0 Å². The van der Waals surface area contributed by atoms with E-state index < -0.39 is 0 Å². The van der Waals surface area contributed by atoms with Crippen molar-refractivity contribution in [1.82, 2.24) is 9.88 Å². The Hall–Kier alpha value is -2.07. The molecule has 1 aromatic carbocycles. The lowest BCUT2D eigenvalue weighted by Crippen LogP contribution is -2.24. The molecule has 2 aromatic rings. The molecule has 0 aliphatic carbocycles. The van der Waals surface area contributed by atoms with Gasteiger partial charge >= 0.3 is 0 Å². The summed E-state index contributed by atoms with van der Waals surface area (Å²) in [6, 6.07) is 12.0. The highest BCUT2D eigenvalue weighted by atomic mass is 16.5. The summed E-state index contributed by atoms with van der Waals surface area (Å²) in [5.74, 6) is 1.85. The molecule has 4 heteroatoms. The summed E-state index contributed by atoms with van der Waals surface area (Å²) in [4.78, 5) is 6.41. The molecule has 0 N–H and O–H groups in total. The van der Waals surface area contributed by atoms with E-state index in [0.717, 1.165) is 37.6 Å². The second kappa shape index (κ2) is 6.59. The van der Waals surface area contributed by atoms with Crippen LogP contribution in [0.3, 0.4) is 0 Å². The Kier molecular flexibility index (Phi) is 4.36. The van der Waals surface area contributed by atoms with Gasteiger partial charge in [-0.05, 0) is 24.6 Å². The summed E-state index contributed by atoms with van der Waals surface area (Å²) >= 11 is 0. The molecule has 0 saturated carbocycles. The van der Waals surface area contributed by atoms with Crippen molar-refractivity contribution < 1.29 is 9.47 Å². The van der Waals surface area contributed by atoms with Crippen LogP contribution in [-0.2, 0) is 6.54 Å². The van der Waals surface area contributed by atoms with E-state index in [1.54, 1.807) is 19.5 Å². The lowest BCUT2D eigenvalue weighted by atomic mass is 10.2. The second-order valence-electron chi connectivity index (χ2n) is 5.26. The van der Waals surface area contributed by atoms with E-state index in [4.69, 9.17) is 9.47 Å². The smallest absolute Gasteiger partial charge is 0.123 e. The Morgan fingerprint density at radius 1 is 1.19 bits per heavy atom. The lowest BCUT2D eigenvalue weighted by molar-refractivity contribution is 0.197. The standard InChI is InChI=1S/C17H20N2O2/c1-20-17-5-3-2-4-14(17)12-19-11-8-16(13-19)21-15-6-9-18-10-7-15/h2-7,9-10,16H,8,11-13H2,1H3. The van der Waals surface area contributed by atoms with E-state index in [0.29, 0.717) is 0 Å². The van der Waals surface area contributed by atoms with Crippen LogP contribution in [0.4, 0.5) is 0 Å². The van der Waals surface area contributed by atoms with Gasteiger partial charge in [-0.1, -0.05) is 18.2 Å². The van der Waals surface area contributed by atoms with Gasteiger partial charge in [0.05, 0.1) is 7.11 Å². The van der Waals surface area contributed by atoms with Crippen molar-refractivity contribution >= 4 is 0 Å². The van der Waals surface area contributed by atoms with Crippen LogP contribution in [0.25, 0.3) is 0 Å². The van der Waals surface area contributed by atoms with Crippen molar-refractivity contribution in [1.29, 1.82) is 0 Å². The third-order valence-electron chi connectivity index (χ3n) is 3.77. The van der Waals surface area contributed by atoms with Crippen LogP contribution < -0.4 is 9.47 Å². The number of aromatic nitrogens is 1. The molecule has 1 aliphatic heterocycles. The van der Waals surface area contributed by atoms with E-state index in [1.165, 1.54) is 5.56 Å². The molecule has 1 aromatic heterocycles. The average molecular weight is 284 g/mol. The first kappa shape index (κ1) is 13.9. The van der Waals surface area contributed by atoms with E-state index in [2.05, 4.69) is 22.0 Å². The third-order valence-corrected chi connectivity index (χ3v) is 3.77. The van der Waals surface area contributed by atoms with Crippen LogP contribution in [-0.4, -0.2) is 36.2 Å². The Morgan fingerprint density at radius 2 is 2.00 bits per heavy atom. The third kappa shape index (κ3) is 3.52. The normalized spacial score (nSPS) is 18.6. The zero-order valence-electron chi connectivity index (χ0n) is 12.2. The van der Waals surface area contributed by atoms with E-state index in [9.17, 15) is 0 Å². The number of pyridine rings is 1. The fourth-order valence-corrected chi connectivity index (χ4v) is 2.72. The van der Waals surface area contributed by atoms with Gasteiger partial charge in [0.2, 0.25) is 0 Å². The van der Waals surface area contributed by atoms with Crippen molar-refractivity contribution in [2.45, 2.75) is 19.1 Å². The number of ether oxygens (including phenoxy) is 2. The van der Waals surface area contributed by atoms with E-state index in [-0.39, 0.29) is 6.10 Å². The van der Waals surface area contributed by atoms with Crippen molar-refractivity contribution in [3.8, 4) is 11.5 Å². The van der Waals surface area contributed by atoms with Gasteiger partial charge in [-0.3, -0.25) is 9.88 Å². The van der Waals surface area contributed by atoms with Crippen molar-refractivity contribution in [3.05, 3.63) is 54.4 Å². The molecule has 2 heterocycles. The maximum Gasteiger partial charge on any atom is 0.123 e. The highest BCUT2D eigenvalue weighted by Crippen LogP contribution is 2.23. The average Bonchev–Trinajstić information content (AvgIpc) is 2.96. The molecule has 21 heavy (non-hydrogen) atoms. The molecule has 0 spiro atoms. The van der Waals surface area contributed by atoms with Crippen LogP contribution in [0.1, 0.15) is 12.0 Å². The molecule has 0 amide bonds. The SMILES string of the molecule is COc1ccccc1CN1CCC(Oc2ccncc2)C1. The Labute approximate surface area is 125 Å². The van der Waals surface area contributed by atoms with Crippen molar-refractivity contribution in [2.75, 3.05) is 20.2 Å². The molecular weight excluding hydrogens is 264 g/mol. The van der Waals surface area contributed by atoms with Crippen LogP contribution in [0.5, 0.6) is 11.5 Å². The molecular formula is C17H20N2O2. The first-order valence-electron chi connectivity index (χ1n) is 7.26. The molecule has 1 saturated heterocycles. The molecule has 0 radical (unpaired) electrons. The van der Waals surface area contributed by atoms with Gasteiger partial charge in [-0.25, -0.2) is 0 Å². The molecule has 110 valence electrons. The number of hydrogen-bond acceptors (Lipinski definition) is 4. The summed E-state index contributed by atoms with van der Waals surface area (Å²) in [5.41, 5.74) is 1.23. The van der Waals surface area contributed by atoms with Gasteiger partial charge in [0, 0.05) is 37.6 Å². The summed E-state index contributed by atoms with van der Waals surface area (Å²) < 4.78 is 11.4. The lowest BCUT2D eigenvalue weighted by Gasteiger charge is -2.18. The fraction of sp³-hybridized carbons (Fsp3) is 0.353. The molecule has 3 rings (SSSR count). The number of methoxy groups -OCH3 is 1. The Balaban J connectivity index is 1.57. The highest BCUT2D eigenvalue weighted by molar-refractivity contribution is 5.33. The topological polar surface area (TPSA) is 34.6 Å². The van der Waals surface area contributed by atoms with Crippen molar-refractivity contribution in [3.63, 3.8) is 0 Å². The monoisotopic (exact) mass is 284 g/mol. The van der Waals surface area contributed by atoms with Gasteiger partial charge in [0.25, 0.3) is 0 Å². The zero-order valence-corrected chi connectivity index (χ0v) is 12.2. The minimum Gasteiger partial charge on any atom is -0.496 e. The fourth-order valence-electron chi connectivity index (χ4n) is 2.72. The van der Waals surface area contributed by atoms with Crippen LogP contribution >= 0.6 is 0 Å². The number of rotatable bonds is 5. The molecule has 0 bridgehead atoms. The molecule has 1 unspecified atom stereocenters. The van der Waals surface area contributed by atoms with Gasteiger partial charge in [0.1, 0.15) is 17.6 Å². The Bertz CT molecular complexity index is 574. The number of para-hydroxylation sites is 1. The first-order chi connectivity index (χ1) is 10.3. The van der Waals surface area contributed by atoms with Gasteiger partial charge in [0.15, 0.2) is 0 Å². The second-order valence-corrected chi connectivity index (χ2v) is 5.26. The van der Waals surface area contributed by atoms with Crippen LogP contribution in [0.2, 0.25) is 0 Å². The van der Waals surface area contributed by atoms with Crippen molar-refractivity contribution in [2.24, 2.45) is 0 Å². The first-order valence-corrected chi connectivity index (χ1v) is 7.26. The predicted molar refractivity (Wildman–Crippen MR) is 81.5 cm³/mol. The molecule has 1 atom stereocenters. The zero-order chi connectivity index (χ0) is 14.5. The molecule has 4 nitrogen and oxygen atoms in total. The summed E-state index contributed by atoms with van der Waals surface area (Å²) in [5, 5.41) is 0. The molecule has 1 aliphatic rings. The maximum atomic E-state index is 5.99. The number of nitrogens with zero attached hydrogens (tertiary/aromatic N) is 2. The number of benzene rings is 1. The molecule has 1 fully saturated rings. The van der Waals surface area contributed by atoms with E-state index >= 15 is 0 Å². The quantitative estimate of drug-likeness (QED) is 0.845. The largest absolute Gasteiger partial charge is 0.496 e. The minimum atomic E-state index is 0.252. The van der Waals surface area contributed by atoms with Gasteiger partial charge in [-0.15, -0.1) is 0 Å². The number of likely N-dealkylation sites (tertiary alicyclic amines) is 1. The highest BCUT2D eigenvalue weighted by Gasteiger charge is 2.24. The Morgan fingerprint density at radius 3 is 2.81 bits per heavy atom. The number of hydrogen-bond donors (Lipinski definition) is 0. The minimum absolute atomic E-state index is 0.252. The predicted octanol–water partition coefficient (Wildman–Crippen LogP) is 2.74.